The molecule has 0 aromatic carbocycles. The second kappa shape index (κ2) is 409. The van der Waals surface area contributed by atoms with Gasteiger partial charge in [-0.3, -0.25) is 0 Å². The van der Waals surface area contributed by atoms with Crippen molar-refractivity contribution in [2.24, 2.45) is 0 Å². The van der Waals surface area contributed by atoms with Crippen LogP contribution in [0.15, 0.2) is 0 Å². The number of hydrogen-bond donors (Lipinski definition) is 0. The van der Waals surface area contributed by atoms with E-state index >= 15 is 0 Å². The molecule has 0 spiro atoms. The van der Waals surface area contributed by atoms with Crippen LogP contribution in [0.25, 0.3) is 0 Å². The molecule has 0 aliphatic carbocycles. The van der Waals surface area contributed by atoms with Crippen LogP contribution in [0.1, 0.15) is 0 Å². The maximum absolute atomic E-state index is 0. The molecule has 0 aliphatic rings. The van der Waals surface area contributed by atoms with Crippen molar-refractivity contribution in [2.45, 2.75) is 0 Å². The molecule has 0 aromatic heterocycles. The Morgan fingerprint density at radius 2 is 0.357 bits per heavy atom. The molecule has 3 radical (unpaired) electrons. The van der Waals surface area contributed by atoms with E-state index in [1.54, 1.807) is 0 Å². The summed E-state index contributed by atoms with van der Waals surface area (Å²) in [7, 11) is 0. The Kier molecular flexibility index (Phi) is 14500. The second-order valence-corrected chi connectivity index (χ2v) is 0. The summed E-state index contributed by atoms with van der Waals surface area (Å²) in [5, 5.41) is 0. The molecule has 0 atom stereocenters. The first-order valence-corrected chi connectivity index (χ1v) is 0. The van der Waals surface area contributed by atoms with Gasteiger partial charge in [0.25, 0.3) is 0 Å². The van der Waals surface area contributed by atoms with E-state index in [9.17, 15) is 0 Å². The molecule has 14 heteroatoms. The van der Waals surface area contributed by atoms with E-state index in [4.69, 9.17) is 0 Å². The molecule has 0 aromatic rings. The van der Waals surface area contributed by atoms with Gasteiger partial charge in [-0.05, 0) is 0 Å². The second-order valence-electron chi connectivity index (χ2n) is 0. The van der Waals surface area contributed by atoms with Crippen LogP contribution >= 0.6 is 0 Å². The van der Waals surface area contributed by atoms with Crippen molar-refractivity contribution in [3.05, 3.63) is 0 Å². The molecule has 0 bridgehead atoms. The maximum atomic E-state index is 0. The van der Waals surface area contributed by atoms with Crippen LogP contribution in [-0.2, 0) is 115 Å². The van der Waals surface area contributed by atoms with Gasteiger partial charge in [0, 0.05) is 0 Å². The number of hydrogen-bond acceptors (Lipinski definition) is 0. The Hall–Kier alpha value is 2.95. The molecule has 0 saturated heterocycles. The topological polar surface area (TPSA) is 228 Å². The average Bonchev–Trinajstić information content (AvgIpc) is 0. The first kappa shape index (κ1) is 495. The fraction of sp³-hybridized carbons (Fsp3) is 0. The molecule has 0 amide bonds. The summed E-state index contributed by atoms with van der Waals surface area (Å²) in [6.07, 6.45) is 0. The van der Waals surface area contributed by atoms with Gasteiger partial charge in [-0.25, -0.2) is 0 Å². The molecular formula is Al2Cr2CuO8Zn. The van der Waals surface area contributed by atoms with Crippen LogP contribution in [0, 0.1) is 0 Å². The normalized spacial score (nSPS) is 0. The van der Waals surface area contributed by atoms with Crippen LogP contribution in [0.4, 0.5) is 0 Å². The zero-order valence-electron chi connectivity index (χ0n) is 6.25. The third kappa shape index (κ3) is 334. The van der Waals surface area contributed by atoms with E-state index in [1.807, 2.05) is 0 Å². The van der Waals surface area contributed by atoms with Crippen molar-refractivity contribution in [3.63, 3.8) is 0 Å². The molecule has 8 nitrogen and oxygen atoms in total. The fourth-order valence-electron chi connectivity index (χ4n) is 0. The molecule has 79 valence electrons. The largest absolute Gasteiger partial charge is 3.00 e. The molecule has 0 unspecified atom stereocenters. The Morgan fingerprint density at radius 3 is 0.357 bits per heavy atom. The van der Waals surface area contributed by atoms with Gasteiger partial charge in [-0.1, -0.05) is 0 Å². The quantitative estimate of drug-likeness (QED) is 0.402. The summed E-state index contributed by atoms with van der Waals surface area (Å²) in [6, 6.07) is 0. The van der Waals surface area contributed by atoms with Gasteiger partial charge in [0.05, 0.1) is 0 Å². The summed E-state index contributed by atoms with van der Waals surface area (Å²) in [4.78, 5) is 0. The van der Waals surface area contributed by atoms with E-state index in [2.05, 4.69) is 0 Å². The summed E-state index contributed by atoms with van der Waals surface area (Å²) in [5.41, 5.74) is 0. The predicted molar refractivity (Wildman–Crippen MR) is 17.0 cm³/mol. The van der Waals surface area contributed by atoms with Crippen LogP contribution in [0.5, 0.6) is 0 Å². The minimum Gasteiger partial charge on any atom is -2.00 e. The van der Waals surface area contributed by atoms with E-state index in [0.717, 1.165) is 0 Å². The summed E-state index contributed by atoms with van der Waals surface area (Å²) in [5.74, 6) is 0. The van der Waals surface area contributed by atoms with E-state index in [-0.39, 0.29) is 150 Å². The third-order valence-electron chi connectivity index (χ3n) is 0. The first-order valence-electron chi connectivity index (χ1n) is 0. The molecule has 0 rings (SSSR count). The fourth-order valence-corrected chi connectivity index (χ4v) is 0. The van der Waals surface area contributed by atoms with E-state index in [0.29, 0.717) is 0 Å². The van der Waals surface area contributed by atoms with Crippen molar-refractivity contribution < 1.29 is 115 Å². The van der Waals surface area contributed by atoms with Gasteiger partial charge in [0.2, 0.25) is 0 Å². The molecule has 0 aliphatic heterocycles. The third-order valence-corrected chi connectivity index (χ3v) is 0. The summed E-state index contributed by atoms with van der Waals surface area (Å²) >= 11 is 0. The van der Waals surface area contributed by atoms with Gasteiger partial charge >= 0.3 is 106 Å². The van der Waals surface area contributed by atoms with Gasteiger partial charge in [-0.2, -0.15) is 0 Å². The van der Waals surface area contributed by atoms with Gasteiger partial charge < -0.3 is 43.8 Å². The molecular weight excluding hydrogens is 415 g/mol. The van der Waals surface area contributed by atoms with Crippen molar-refractivity contribution in [2.75, 3.05) is 0 Å². The molecule has 0 N–H and O–H groups in total. The predicted octanol–water partition coefficient (Wildman–Crippen LogP) is -1.72. The first-order chi connectivity index (χ1) is 0. The minimum absolute atomic E-state index is 0. The standard InChI is InChI=1S/2Al.2Cr.Cu.8O.Zn/q4*+3;+2;8*-2;+2. The molecule has 0 fully saturated rings. The molecule has 0 heterocycles. The summed E-state index contributed by atoms with van der Waals surface area (Å²) in [6.45, 7) is 0. The van der Waals surface area contributed by atoms with E-state index < -0.39 is 0 Å². The Labute approximate surface area is 148 Å². The zero-order chi connectivity index (χ0) is 0. The van der Waals surface area contributed by atoms with Crippen molar-refractivity contribution >= 4 is 34.7 Å². The van der Waals surface area contributed by atoms with Crippen LogP contribution in [-0.4, -0.2) is 34.7 Å². The SMILES string of the molecule is [Al+3].[Al+3].[Cr+3].[Cr+3].[Cu+2].[O-2].[O-2].[O-2].[O-2].[O-2].[O-2].[O-2].[O-2].[Zn+2]. The van der Waals surface area contributed by atoms with Gasteiger partial charge in [0.1, 0.15) is 0 Å². The van der Waals surface area contributed by atoms with Crippen molar-refractivity contribution in [1.82, 2.24) is 0 Å². The Balaban J connectivity index is 0. The molecule has 14 heavy (non-hydrogen) atoms. The monoisotopic (exact) mass is 413 g/mol. The maximum Gasteiger partial charge on any atom is 3.00 e. The van der Waals surface area contributed by atoms with Crippen LogP contribution < -0.4 is 0 Å². The van der Waals surface area contributed by atoms with Crippen LogP contribution in [0.3, 0.4) is 0 Å². The van der Waals surface area contributed by atoms with Gasteiger partial charge in [0.15, 0.2) is 0 Å². The molecule has 0 saturated carbocycles. The minimum atomic E-state index is 0. The van der Waals surface area contributed by atoms with Crippen molar-refractivity contribution in [1.29, 1.82) is 0 Å². The smallest absolute Gasteiger partial charge is 2.00 e. The average molecular weight is 415 g/mol. The zero-order valence-corrected chi connectivity index (χ0v) is 15.0. The van der Waals surface area contributed by atoms with E-state index in [1.165, 1.54) is 0 Å². The van der Waals surface area contributed by atoms with Crippen LogP contribution in [0.2, 0.25) is 0 Å². The Bertz CT molecular complexity index is 25.3. The van der Waals surface area contributed by atoms with Crippen molar-refractivity contribution in [3.8, 4) is 0 Å². The number of rotatable bonds is 0. The Morgan fingerprint density at radius 1 is 0.357 bits per heavy atom. The summed E-state index contributed by atoms with van der Waals surface area (Å²) < 4.78 is 0. The van der Waals surface area contributed by atoms with Gasteiger partial charge in [-0.15, -0.1) is 0 Å².